The number of β-amino-alcohol motifs (C(OH)–C–C–N with tert-alkyl or cyclic N) is 1. The minimum atomic E-state index is -0.269. The van der Waals surface area contributed by atoms with Crippen molar-refractivity contribution in [2.75, 3.05) is 33.3 Å². The quantitative estimate of drug-likeness (QED) is 0.803. The molecule has 2 atom stereocenters. The van der Waals surface area contributed by atoms with Crippen molar-refractivity contribution >= 4 is 0 Å². The van der Waals surface area contributed by atoms with E-state index < -0.39 is 0 Å². The summed E-state index contributed by atoms with van der Waals surface area (Å²) in [5.74, 6) is 0.865. The van der Waals surface area contributed by atoms with Crippen LogP contribution in [0, 0.1) is 0 Å². The lowest BCUT2D eigenvalue weighted by atomic mass is 9.98. The standard InChI is InChI=1S/C22H33N5O2/c1-29-22-7-6-18(12-19(22)14-27-17-23-16-24-27)13-25-11-8-20(21(28)15-25)26-9-4-2-3-5-10-26/h6-7,12,16-17,20-21,28H,2-5,8-11,13-15H2,1H3/t20-,21-/m1/s1. The minimum absolute atomic E-state index is 0.269. The van der Waals surface area contributed by atoms with Crippen LogP contribution in [0.5, 0.6) is 5.75 Å². The van der Waals surface area contributed by atoms with Gasteiger partial charge in [0.2, 0.25) is 0 Å². The SMILES string of the molecule is COc1ccc(CN2CC[C@@H](N3CCCCCC3)[C@H](O)C2)cc1Cn1cncn1. The first-order valence-electron chi connectivity index (χ1n) is 10.9. The molecule has 29 heavy (non-hydrogen) atoms. The van der Waals surface area contributed by atoms with E-state index in [-0.39, 0.29) is 6.10 Å². The Morgan fingerprint density at radius 3 is 2.62 bits per heavy atom. The largest absolute Gasteiger partial charge is 0.496 e. The van der Waals surface area contributed by atoms with Gasteiger partial charge in [0, 0.05) is 31.2 Å². The van der Waals surface area contributed by atoms with Gasteiger partial charge in [-0.1, -0.05) is 18.9 Å². The monoisotopic (exact) mass is 399 g/mol. The van der Waals surface area contributed by atoms with Gasteiger partial charge in [0.15, 0.2) is 0 Å². The highest BCUT2D eigenvalue weighted by molar-refractivity contribution is 5.37. The molecule has 2 fully saturated rings. The highest BCUT2D eigenvalue weighted by atomic mass is 16.5. The molecule has 7 nitrogen and oxygen atoms in total. The lowest BCUT2D eigenvalue weighted by Crippen LogP contribution is -2.54. The Bertz CT molecular complexity index is 759. The summed E-state index contributed by atoms with van der Waals surface area (Å²) in [6, 6.07) is 6.66. The van der Waals surface area contributed by atoms with E-state index in [4.69, 9.17) is 4.74 Å². The van der Waals surface area contributed by atoms with Crippen molar-refractivity contribution in [3.05, 3.63) is 42.0 Å². The van der Waals surface area contributed by atoms with Crippen molar-refractivity contribution in [3.8, 4) is 5.75 Å². The summed E-state index contributed by atoms with van der Waals surface area (Å²) in [6.07, 6.45) is 9.25. The number of aliphatic hydroxyl groups excluding tert-OH is 1. The number of hydrogen-bond acceptors (Lipinski definition) is 6. The smallest absolute Gasteiger partial charge is 0.137 e. The molecule has 0 amide bonds. The average molecular weight is 400 g/mol. The van der Waals surface area contributed by atoms with Crippen LogP contribution in [0.3, 0.4) is 0 Å². The molecule has 4 rings (SSSR count). The maximum Gasteiger partial charge on any atom is 0.137 e. The molecule has 2 aromatic rings. The molecule has 0 unspecified atom stereocenters. The number of rotatable bonds is 6. The Balaban J connectivity index is 1.38. The van der Waals surface area contributed by atoms with Crippen LogP contribution in [-0.2, 0) is 13.1 Å². The zero-order chi connectivity index (χ0) is 20.1. The zero-order valence-corrected chi connectivity index (χ0v) is 17.4. The number of piperidine rings is 1. The molecule has 2 saturated heterocycles. The van der Waals surface area contributed by atoms with Crippen LogP contribution >= 0.6 is 0 Å². The second-order valence-corrected chi connectivity index (χ2v) is 8.35. The van der Waals surface area contributed by atoms with Crippen molar-refractivity contribution in [2.45, 2.75) is 57.3 Å². The Morgan fingerprint density at radius 1 is 1.10 bits per heavy atom. The van der Waals surface area contributed by atoms with E-state index in [1.54, 1.807) is 24.4 Å². The number of nitrogens with zero attached hydrogens (tertiary/aromatic N) is 5. The van der Waals surface area contributed by atoms with Gasteiger partial charge < -0.3 is 9.84 Å². The predicted octanol–water partition coefficient (Wildman–Crippen LogP) is 2.15. The van der Waals surface area contributed by atoms with Gasteiger partial charge in [0.1, 0.15) is 18.4 Å². The number of benzene rings is 1. The molecule has 0 saturated carbocycles. The molecule has 158 valence electrons. The third-order valence-corrected chi connectivity index (χ3v) is 6.29. The first kappa shape index (κ1) is 20.3. The molecule has 2 aliphatic heterocycles. The summed E-state index contributed by atoms with van der Waals surface area (Å²) in [7, 11) is 1.70. The Labute approximate surface area is 173 Å². The van der Waals surface area contributed by atoms with Crippen molar-refractivity contribution < 1.29 is 9.84 Å². The fraction of sp³-hybridized carbons (Fsp3) is 0.636. The highest BCUT2D eigenvalue weighted by Crippen LogP contribution is 2.25. The van der Waals surface area contributed by atoms with Gasteiger partial charge in [-0.25, -0.2) is 9.67 Å². The second-order valence-electron chi connectivity index (χ2n) is 8.35. The van der Waals surface area contributed by atoms with Gasteiger partial charge in [-0.15, -0.1) is 0 Å². The van der Waals surface area contributed by atoms with E-state index in [1.807, 2.05) is 6.07 Å². The van der Waals surface area contributed by atoms with Crippen LogP contribution < -0.4 is 4.74 Å². The van der Waals surface area contributed by atoms with Gasteiger partial charge in [0.25, 0.3) is 0 Å². The summed E-state index contributed by atoms with van der Waals surface area (Å²) < 4.78 is 7.33. The molecule has 1 N–H and O–H groups in total. The van der Waals surface area contributed by atoms with Crippen LogP contribution in [0.2, 0.25) is 0 Å². The number of aliphatic hydroxyl groups is 1. The Kier molecular flexibility index (Phi) is 6.79. The molecular formula is C22H33N5O2. The number of ether oxygens (including phenoxy) is 1. The van der Waals surface area contributed by atoms with Crippen LogP contribution in [0.25, 0.3) is 0 Å². The van der Waals surface area contributed by atoms with Crippen molar-refractivity contribution in [2.24, 2.45) is 0 Å². The van der Waals surface area contributed by atoms with Crippen LogP contribution in [-0.4, -0.2) is 75.1 Å². The molecule has 0 spiro atoms. The van der Waals surface area contributed by atoms with Crippen molar-refractivity contribution in [1.82, 2.24) is 24.6 Å². The molecule has 1 aromatic heterocycles. The topological polar surface area (TPSA) is 66.7 Å². The molecular weight excluding hydrogens is 366 g/mol. The molecule has 3 heterocycles. The van der Waals surface area contributed by atoms with Crippen LogP contribution in [0.15, 0.2) is 30.9 Å². The molecule has 1 aromatic carbocycles. The fourth-order valence-electron chi connectivity index (χ4n) is 4.78. The first-order chi connectivity index (χ1) is 14.2. The Hall–Kier alpha value is -1.96. The summed E-state index contributed by atoms with van der Waals surface area (Å²) in [5.41, 5.74) is 2.33. The summed E-state index contributed by atoms with van der Waals surface area (Å²) in [4.78, 5) is 8.94. The van der Waals surface area contributed by atoms with Crippen molar-refractivity contribution in [3.63, 3.8) is 0 Å². The van der Waals surface area contributed by atoms with Gasteiger partial charge in [0.05, 0.1) is 19.8 Å². The third-order valence-electron chi connectivity index (χ3n) is 6.29. The summed E-state index contributed by atoms with van der Waals surface area (Å²) >= 11 is 0. The van der Waals surface area contributed by atoms with E-state index in [2.05, 4.69) is 32.0 Å². The van der Waals surface area contributed by atoms with E-state index in [0.29, 0.717) is 12.6 Å². The molecule has 0 aliphatic carbocycles. The molecule has 2 aliphatic rings. The number of aromatic nitrogens is 3. The minimum Gasteiger partial charge on any atom is -0.496 e. The molecule has 0 radical (unpaired) electrons. The third kappa shape index (κ3) is 5.15. The average Bonchev–Trinajstić information content (AvgIpc) is 3.08. The Morgan fingerprint density at radius 2 is 1.93 bits per heavy atom. The number of hydrogen-bond donors (Lipinski definition) is 1. The zero-order valence-electron chi connectivity index (χ0n) is 17.4. The van der Waals surface area contributed by atoms with E-state index in [1.165, 1.54) is 31.2 Å². The highest BCUT2D eigenvalue weighted by Gasteiger charge is 2.32. The van der Waals surface area contributed by atoms with Gasteiger partial charge in [-0.2, -0.15) is 5.10 Å². The van der Waals surface area contributed by atoms with Crippen molar-refractivity contribution in [1.29, 1.82) is 0 Å². The second kappa shape index (κ2) is 9.69. The molecule has 0 bridgehead atoms. The van der Waals surface area contributed by atoms with Gasteiger partial charge in [-0.3, -0.25) is 9.80 Å². The lowest BCUT2D eigenvalue weighted by Gasteiger charge is -2.41. The normalized spacial score (nSPS) is 24.3. The fourth-order valence-corrected chi connectivity index (χ4v) is 4.78. The summed E-state index contributed by atoms with van der Waals surface area (Å²) in [6.45, 7) is 5.54. The molecule has 7 heteroatoms. The summed E-state index contributed by atoms with van der Waals surface area (Å²) in [5, 5.41) is 15.1. The van der Waals surface area contributed by atoms with E-state index >= 15 is 0 Å². The van der Waals surface area contributed by atoms with E-state index in [0.717, 1.165) is 50.5 Å². The first-order valence-corrected chi connectivity index (χ1v) is 10.9. The number of likely N-dealkylation sites (tertiary alicyclic amines) is 2. The van der Waals surface area contributed by atoms with Gasteiger partial charge in [-0.05, 0) is 50.0 Å². The predicted molar refractivity (Wildman–Crippen MR) is 112 cm³/mol. The lowest BCUT2D eigenvalue weighted by molar-refractivity contribution is -0.0144. The maximum absolute atomic E-state index is 10.8. The van der Waals surface area contributed by atoms with E-state index in [9.17, 15) is 5.11 Å². The number of methoxy groups -OCH3 is 1. The maximum atomic E-state index is 10.8. The van der Waals surface area contributed by atoms with Crippen LogP contribution in [0.1, 0.15) is 43.2 Å². The van der Waals surface area contributed by atoms with Gasteiger partial charge >= 0.3 is 0 Å². The van der Waals surface area contributed by atoms with Crippen LogP contribution in [0.4, 0.5) is 0 Å².